The molecule has 0 fully saturated rings. The number of nitrogens with zero attached hydrogens (tertiary/aromatic N) is 1. The van der Waals surface area contributed by atoms with Gasteiger partial charge in [-0.2, -0.15) is 0 Å². The molecule has 0 bridgehead atoms. The standard InChI is InChI=1S/C13H13ClN2O3/c1-7-11(13(18)19-2)9(6-10(17)16-7)8-4-3-5-15-12(8)14/h3-5,9H,6H2,1-2H3,(H,16,17)/t9-/m0/s1. The molecule has 1 aliphatic rings. The second-order valence-corrected chi connectivity index (χ2v) is 4.58. The van der Waals surface area contributed by atoms with Gasteiger partial charge in [0.15, 0.2) is 0 Å². The molecule has 0 radical (unpaired) electrons. The quantitative estimate of drug-likeness (QED) is 0.662. The highest BCUT2D eigenvalue weighted by Crippen LogP contribution is 2.35. The third kappa shape index (κ3) is 2.61. The molecule has 0 aliphatic carbocycles. The molecule has 2 rings (SSSR count). The van der Waals surface area contributed by atoms with Crippen molar-refractivity contribution in [3.8, 4) is 0 Å². The summed E-state index contributed by atoms with van der Waals surface area (Å²) in [6.45, 7) is 1.67. The number of ether oxygens (including phenoxy) is 1. The molecule has 0 saturated heterocycles. The SMILES string of the molecule is COC(=O)C1=C(C)NC(=O)C[C@H]1c1cccnc1Cl. The number of nitrogens with one attached hydrogen (secondary N) is 1. The van der Waals surface area contributed by atoms with Gasteiger partial charge >= 0.3 is 5.97 Å². The maximum absolute atomic E-state index is 11.9. The number of pyridine rings is 1. The second kappa shape index (κ2) is 5.40. The third-order valence-corrected chi connectivity index (χ3v) is 3.35. The third-order valence-electron chi connectivity index (χ3n) is 3.04. The topological polar surface area (TPSA) is 68.3 Å². The van der Waals surface area contributed by atoms with Gasteiger partial charge in [0.1, 0.15) is 5.15 Å². The summed E-state index contributed by atoms with van der Waals surface area (Å²) < 4.78 is 4.78. The van der Waals surface area contributed by atoms with Crippen molar-refractivity contribution in [3.05, 3.63) is 40.3 Å². The normalized spacial score (nSPS) is 19.1. The molecule has 6 heteroatoms. The molecule has 0 aromatic carbocycles. The minimum absolute atomic E-state index is 0.146. The number of amides is 1. The van der Waals surface area contributed by atoms with Crippen LogP contribution in [0.2, 0.25) is 5.15 Å². The minimum atomic E-state index is -0.470. The smallest absolute Gasteiger partial charge is 0.336 e. The van der Waals surface area contributed by atoms with E-state index in [1.54, 1.807) is 25.3 Å². The van der Waals surface area contributed by atoms with Crippen molar-refractivity contribution in [3.63, 3.8) is 0 Å². The average Bonchev–Trinajstić information content (AvgIpc) is 2.37. The van der Waals surface area contributed by atoms with Crippen molar-refractivity contribution in [1.82, 2.24) is 10.3 Å². The number of hydrogen-bond acceptors (Lipinski definition) is 4. The fourth-order valence-electron chi connectivity index (χ4n) is 2.21. The van der Waals surface area contributed by atoms with Gasteiger partial charge in [0.05, 0.1) is 12.7 Å². The van der Waals surface area contributed by atoms with Crippen LogP contribution in [-0.2, 0) is 14.3 Å². The van der Waals surface area contributed by atoms with Crippen molar-refractivity contribution >= 4 is 23.5 Å². The number of esters is 1. The Bertz CT molecular complexity index is 569. The maximum Gasteiger partial charge on any atom is 0.336 e. The number of halogens is 1. The zero-order valence-electron chi connectivity index (χ0n) is 10.6. The maximum atomic E-state index is 11.9. The van der Waals surface area contributed by atoms with Gasteiger partial charge in [-0.1, -0.05) is 17.7 Å². The summed E-state index contributed by atoms with van der Waals surface area (Å²) in [4.78, 5) is 27.5. The molecule has 100 valence electrons. The van der Waals surface area contributed by atoms with Gasteiger partial charge in [-0.15, -0.1) is 0 Å². The number of rotatable bonds is 2. The van der Waals surface area contributed by atoms with Crippen LogP contribution in [0.3, 0.4) is 0 Å². The van der Waals surface area contributed by atoms with Crippen LogP contribution in [0.25, 0.3) is 0 Å². The van der Waals surface area contributed by atoms with Crippen LogP contribution in [0.5, 0.6) is 0 Å². The Hall–Kier alpha value is -1.88. The van der Waals surface area contributed by atoms with E-state index in [1.807, 2.05) is 0 Å². The number of hydrogen-bond donors (Lipinski definition) is 1. The molecule has 2 heterocycles. The van der Waals surface area contributed by atoms with Crippen LogP contribution < -0.4 is 5.32 Å². The molecule has 1 aromatic rings. The van der Waals surface area contributed by atoms with Gasteiger partial charge in [0.25, 0.3) is 0 Å². The van der Waals surface area contributed by atoms with Crippen molar-refractivity contribution in [2.24, 2.45) is 0 Å². The highest BCUT2D eigenvalue weighted by Gasteiger charge is 2.33. The molecule has 0 unspecified atom stereocenters. The number of allylic oxidation sites excluding steroid dienone is 1. The van der Waals surface area contributed by atoms with E-state index in [2.05, 4.69) is 10.3 Å². The first kappa shape index (κ1) is 13.5. The summed E-state index contributed by atoms with van der Waals surface area (Å²) in [5.41, 5.74) is 1.56. The van der Waals surface area contributed by atoms with Crippen LogP contribution in [0.1, 0.15) is 24.8 Å². The first-order valence-electron chi connectivity index (χ1n) is 5.74. The Morgan fingerprint density at radius 1 is 1.58 bits per heavy atom. The molecule has 1 amide bonds. The lowest BCUT2D eigenvalue weighted by Crippen LogP contribution is -2.34. The lowest BCUT2D eigenvalue weighted by atomic mass is 9.85. The van der Waals surface area contributed by atoms with Crippen LogP contribution in [-0.4, -0.2) is 24.0 Å². The van der Waals surface area contributed by atoms with E-state index >= 15 is 0 Å². The summed E-state index contributed by atoms with van der Waals surface area (Å²) in [6.07, 6.45) is 1.70. The molecule has 19 heavy (non-hydrogen) atoms. The predicted molar refractivity (Wildman–Crippen MR) is 69.5 cm³/mol. The Morgan fingerprint density at radius 3 is 2.95 bits per heavy atom. The summed E-state index contributed by atoms with van der Waals surface area (Å²) in [5, 5.41) is 2.93. The molecule has 1 atom stereocenters. The predicted octanol–water partition coefficient (Wildman–Crippen LogP) is 1.79. The molecule has 5 nitrogen and oxygen atoms in total. The lowest BCUT2D eigenvalue weighted by Gasteiger charge is -2.26. The van der Waals surface area contributed by atoms with E-state index in [4.69, 9.17) is 16.3 Å². The van der Waals surface area contributed by atoms with E-state index in [1.165, 1.54) is 7.11 Å². The number of carbonyl (C=O) groups excluding carboxylic acids is 2. The van der Waals surface area contributed by atoms with Crippen molar-refractivity contribution in [1.29, 1.82) is 0 Å². The van der Waals surface area contributed by atoms with Crippen molar-refractivity contribution < 1.29 is 14.3 Å². The molecule has 0 spiro atoms. The Labute approximate surface area is 115 Å². The van der Waals surface area contributed by atoms with Gasteiger partial charge in [0, 0.05) is 24.2 Å². The molecule has 1 N–H and O–H groups in total. The molecule has 0 saturated carbocycles. The van der Waals surface area contributed by atoms with Crippen LogP contribution in [0.4, 0.5) is 0 Å². The van der Waals surface area contributed by atoms with E-state index < -0.39 is 11.9 Å². The molecule has 1 aliphatic heterocycles. The molecular formula is C13H13ClN2O3. The van der Waals surface area contributed by atoms with Gasteiger partial charge in [-0.3, -0.25) is 4.79 Å². The van der Waals surface area contributed by atoms with Gasteiger partial charge in [-0.25, -0.2) is 9.78 Å². The molecular weight excluding hydrogens is 268 g/mol. The van der Waals surface area contributed by atoms with E-state index in [9.17, 15) is 9.59 Å². The zero-order valence-corrected chi connectivity index (χ0v) is 11.3. The number of carbonyl (C=O) groups is 2. The van der Waals surface area contributed by atoms with E-state index in [0.29, 0.717) is 16.8 Å². The van der Waals surface area contributed by atoms with Crippen LogP contribution in [0.15, 0.2) is 29.6 Å². The highest BCUT2D eigenvalue weighted by molar-refractivity contribution is 6.30. The fraction of sp³-hybridized carbons (Fsp3) is 0.308. The Kier molecular flexibility index (Phi) is 3.85. The lowest BCUT2D eigenvalue weighted by molar-refractivity contribution is -0.136. The van der Waals surface area contributed by atoms with E-state index in [0.717, 1.165) is 0 Å². The summed E-state index contributed by atoms with van der Waals surface area (Å²) >= 11 is 6.05. The largest absolute Gasteiger partial charge is 0.466 e. The minimum Gasteiger partial charge on any atom is -0.466 e. The first-order valence-corrected chi connectivity index (χ1v) is 6.11. The Morgan fingerprint density at radius 2 is 2.32 bits per heavy atom. The average molecular weight is 281 g/mol. The van der Waals surface area contributed by atoms with E-state index in [-0.39, 0.29) is 17.5 Å². The Balaban J connectivity index is 2.53. The highest BCUT2D eigenvalue weighted by atomic mass is 35.5. The number of methoxy groups -OCH3 is 1. The van der Waals surface area contributed by atoms with Gasteiger partial charge in [-0.05, 0) is 18.6 Å². The zero-order chi connectivity index (χ0) is 14.0. The summed E-state index contributed by atoms with van der Waals surface area (Å²) in [5.74, 6) is -1.06. The second-order valence-electron chi connectivity index (χ2n) is 4.22. The van der Waals surface area contributed by atoms with Crippen LogP contribution in [0, 0.1) is 0 Å². The van der Waals surface area contributed by atoms with Crippen molar-refractivity contribution in [2.75, 3.05) is 7.11 Å². The fourth-order valence-corrected chi connectivity index (χ4v) is 2.46. The van der Waals surface area contributed by atoms with Gasteiger partial charge < -0.3 is 10.1 Å². The van der Waals surface area contributed by atoms with Gasteiger partial charge in [0.2, 0.25) is 5.91 Å². The van der Waals surface area contributed by atoms with Crippen LogP contribution >= 0.6 is 11.6 Å². The molecule has 1 aromatic heterocycles. The first-order chi connectivity index (χ1) is 9.04. The summed E-state index contributed by atoms with van der Waals surface area (Å²) in [7, 11) is 1.31. The van der Waals surface area contributed by atoms with Crippen molar-refractivity contribution in [2.45, 2.75) is 19.3 Å². The summed E-state index contributed by atoms with van der Waals surface area (Å²) in [6, 6.07) is 3.48. The monoisotopic (exact) mass is 280 g/mol. The number of aromatic nitrogens is 1.